The monoisotopic (exact) mass is 185 g/mol. The van der Waals surface area contributed by atoms with Gasteiger partial charge >= 0.3 is 6.03 Å². The number of nitrogens with one attached hydrogen (secondary N) is 2. The third-order valence-electron chi connectivity index (χ3n) is 1.53. The average Bonchev–Trinajstić information content (AvgIpc) is 2.47. The predicted molar refractivity (Wildman–Crippen MR) is 48.6 cm³/mol. The molecule has 66 valence electrons. The van der Waals surface area contributed by atoms with Crippen LogP contribution >= 0.6 is 11.3 Å². The second-order valence-electron chi connectivity index (χ2n) is 2.41. The maximum Gasteiger partial charge on any atom is 0.329 e. The van der Waals surface area contributed by atoms with Crippen LogP contribution in [0, 0.1) is 6.92 Å². The number of aryl methyl sites for hydroxylation is 1. The number of hydrogen-bond donors (Lipinski definition) is 3. The van der Waals surface area contributed by atoms with Crippen molar-refractivity contribution in [2.45, 2.75) is 13.5 Å². The van der Waals surface area contributed by atoms with Crippen molar-refractivity contribution in [3.05, 3.63) is 21.9 Å². The minimum absolute atomic E-state index is 0.361. The molecule has 5 heteroatoms. The van der Waals surface area contributed by atoms with Gasteiger partial charge in [-0.25, -0.2) is 10.6 Å². The van der Waals surface area contributed by atoms with Crippen LogP contribution in [0.5, 0.6) is 0 Å². The minimum atomic E-state index is -0.361. The van der Waals surface area contributed by atoms with Gasteiger partial charge in [0.15, 0.2) is 0 Å². The first kappa shape index (κ1) is 9.02. The van der Waals surface area contributed by atoms with E-state index in [0.29, 0.717) is 6.54 Å². The molecular formula is C7H11N3OS. The van der Waals surface area contributed by atoms with E-state index in [1.165, 1.54) is 5.56 Å². The minimum Gasteiger partial charge on any atom is -0.333 e. The van der Waals surface area contributed by atoms with E-state index in [4.69, 9.17) is 5.84 Å². The Balaban J connectivity index is 2.43. The van der Waals surface area contributed by atoms with E-state index in [2.05, 4.69) is 5.32 Å². The maximum absolute atomic E-state index is 10.7. The second kappa shape index (κ2) is 4.08. The van der Waals surface area contributed by atoms with E-state index in [1.807, 2.05) is 23.1 Å². The van der Waals surface area contributed by atoms with Crippen molar-refractivity contribution in [2.75, 3.05) is 0 Å². The molecule has 0 aliphatic carbocycles. The highest BCUT2D eigenvalue weighted by Crippen LogP contribution is 2.12. The predicted octanol–water partition coefficient (Wildman–Crippen LogP) is 0.729. The van der Waals surface area contributed by atoms with Crippen molar-refractivity contribution in [3.8, 4) is 0 Å². The Bertz CT molecular complexity index is 271. The van der Waals surface area contributed by atoms with Crippen molar-refractivity contribution in [2.24, 2.45) is 5.84 Å². The lowest BCUT2D eigenvalue weighted by Gasteiger charge is -2.02. The Labute approximate surface area is 74.7 Å². The van der Waals surface area contributed by atoms with E-state index < -0.39 is 0 Å². The summed E-state index contributed by atoms with van der Waals surface area (Å²) in [4.78, 5) is 10.7. The first-order chi connectivity index (χ1) is 5.74. The molecule has 1 rings (SSSR count). The van der Waals surface area contributed by atoms with Gasteiger partial charge in [0.05, 0.1) is 0 Å². The number of urea groups is 1. The Kier molecular flexibility index (Phi) is 3.07. The summed E-state index contributed by atoms with van der Waals surface area (Å²) < 4.78 is 0. The van der Waals surface area contributed by atoms with Gasteiger partial charge in [-0.15, -0.1) is 0 Å². The van der Waals surface area contributed by atoms with Crippen LogP contribution < -0.4 is 16.6 Å². The van der Waals surface area contributed by atoms with Gasteiger partial charge in [-0.2, -0.15) is 11.3 Å². The number of hydrazine groups is 1. The molecule has 0 unspecified atom stereocenters. The molecule has 1 heterocycles. The average molecular weight is 185 g/mol. The highest BCUT2D eigenvalue weighted by Gasteiger charge is 2.00. The molecular weight excluding hydrogens is 174 g/mol. The van der Waals surface area contributed by atoms with E-state index in [9.17, 15) is 4.79 Å². The molecule has 12 heavy (non-hydrogen) atoms. The standard InChI is InChI=1S/C7H11N3OS/c1-5-3-12-4-6(5)2-9-7(11)10-8/h3-4H,2,8H2,1H3,(H2,9,10,11). The van der Waals surface area contributed by atoms with Crippen LogP contribution in [-0.2, 0) is 6.54 Å². The number of hydrogen-bond acceptors (Lipinski definition) is 3. The van der Waals surface area contributed by atoms with Crippen molar-refractivity contribution in [1.29, 1.82) is 0 Å². The molecule has 4 nitrogen and oxygen atoms in total. The molecule has 0 fully saturated rings. The van der Waals surface area contributed by atoms with E-state index in [-0.39, 0.29) is 6.03 Å². The lowest BCUT2D eigenvalue weighted by Crippen LogP contribution is -2.39. The zero-order valence-electron chi connectivity index (χ0n) is 6.76. The quantitative estimate of drug-likeness (QED) is 0.361. The first-order valence-electron chi connectivity index (χ1n) is 3.50. The van der Waals surface area contributed by atoms with Crippen LogP contribution in [0.2, 0.25) is 0 Å². The van der Waals surface area contributed by atoms with E-state index >= 15 is 0 Å². The van der Waals surface area contributed by atoms with Crippen LogP contribution in [0.1, 0.15) is 11.1 Å². The molecule has 0 saturated carbocycles. The number of nitrogens with two attached hydrogens (primary N) is 1. The molecule has 0 aromatic carbocycles. The molecule has 2 amide bonds. The zero-order chi connectivity index (χ0) is 8.97. The summed E-state index contributed by atoms with van der Waals surface area (Å²) in [5.74, 6) is 4.89. The summed E-state index contributed by atoms with van der Waals surface area (Å²) in [6.07, 6.45) is 0. The van der Waals surface area contributed by atoms with Crippen molar-refractivity contribution in [3.63, 3.8) is 0 Å². The number of rotatable bonds is 2. The van der Waals surface area contributed by atoms with E-state index in [1.54, 1.807) is 11.3 Å². The zero-order valence-corrected chi connectivity index (χ0v) is 7.57. The van der Waals surface area contributed by atoms with Gasteiger partial charge in [0, 0.05) is 6.54 Å². The normalized spacial score (nSPS) is 9.50. The highest BCUT2D eigenvalue weighted by molar-refractivity contribution is 7.08. The topological polar surface area (TPSA) is 67.2 Å². The molecule has 0 aliphatic rings. The molecule has 0 spiro atoms. The van der Waals surface area contributed by atoms with Gasteiger partial charge in [0.25, 0.3) is 0 Å². The summed E-state index contributed by atoms with van der Waals surface area (Å²) in [6, 6.07) is -0.361. The molecule has 0 saturated heterocycles. The van der Waals surface area contributed by atoms with Crippen LogP contribution in [0.15, 0.2) is 10.8 Å². The lowest BCUT2D eigenvalue weighted by molar-refractivity contribution is 0.241. The molecule has 0 aliphatic heterocycles. The third kappa shape index (κ3) is 2.21. The van der Waals surface area contributed by atoms with Crippen molar-refractivity contribution >= 4 is 17.4 Å². The SMILES string of the molecule is Cc1cscc1CNC(=O)NN. The number of thiophene rings is 1. The van der Waals surface area contributed by atoms with Crippen molar-refractivity contribution in [1.82, 2.24) is 10.7 Å². The lowest BCUT2D eigenvalue weighted by atomic mass is 10.2. The van der Waals surface area contributed by atoms with Crippen LogP contribution in [0.3, 0.4) is 0 Å². The molecule has 0 radical (unpaired) electrons. The number of amides is 2. The summed E-state index contributed by atoms with van der Waals surface area (Å²) in [5.41, 5.74) is 4.32. The Hall–Kier alpha value is -1.07. The summed E-state index contributed by atoms with van der Waals surface area (Å²) in [6.45, 7) is 2.53. The molecule has 1 aromatic heterocycles. The summed E-state index contributed by atoms with van der Waals surface area (Å²) >= 11 is 1.62. The van der Waals surface area contributed by atoms with Crippen LogP contribution in [0.4, 0.5) is 4.79 Å². The molecule has 0 bridgehead atoms. The van der Waals surface area contributed by atoms with Gasteiger partial charge < -0.3 is 5.32 Å². The largest absolute Gasteiger partial charge is 0.333 e. The van der Waals surface area contributed by atoms with Gasteiger partial charge in [-0.3, -0.25) is 5.43 Å². The fourth-order valence-corrected chi connectivity index (χ4v) is 1.65. The van der Waals surface area contributed by atoms with Gasteiger partial charge in [0.2, 0.25) is 0 Å². The van der Waals surface area contributed by atoms with Gasteiger partial charge in [-0.05, 0) is 28.8 Å². The Morgan fingerprint density at radius 2 is 2.42 bits per heavy atom. The van der Waals surface area contributed by atoms with Crippen molar-refractivity contribution < 1.29 is 4.79 Å². The first-order valence-corrected chi connectivity index (χ1v) is 4.44. The van der Waals surface area contributed by atoms with Gasteiger partial charge in [0.1, 0.15) is 0 Å². The second-order valence-corrected chi connectivity index (χ2v) is 3.15. The fourth-order valence-electron chi connectivity index (χ4n) is 0.794. The van der Waals surface area contributed by atoms with E-state index in [0.717, 1.165) is 5.56 Å². The third-order valence-corrected chi connectivity index (χ3v) is 2.44. The van der Waals surface area contributed by atoms with Crippen LogP contribution in [-0.4, -0.2) is 6.03 Å². The number of carbonyl (C=O) groups is 1. The fraction of sp³-hybridized carbons (Fsp3) is 0.286. The number of carbonyl (C=O) groups excluding carboxylic acids is 1. The highest BCUT2D eigenvalue weighted by atomic mass is 32.1. The van der Waals surface area contributed by atoms with Gasteiger partial charge in [-0.1, -0.05) is 0 Å². The summed E-state index contributed by atoms with van der Waals surface area (Å²) in [7, 11) is 0. The Morgan fingerprint density at radius 3 is 2.92 bits per heavy atom. The molecule has 0 atom stereocenters. The molecule has 1 aromatic rings. The summed E-state index contributed by atoms with van der Waals surface area (Å²) in [5, 5.41) is 6.65. The smallest absolute Gasteiger partial charge is 0.329 e. The maximum atomic E-state index is 10.7. The van der Waals surface area contributed by atoms with Crippen LogP contribution in [0.25, 0.3) is 0 Å². The Morgan fingerprint density at radius 1 is 1.67 bits per heavy atom. The molecule has 4 N–H and O–H groups in total.